The third kappa shape index (κ3) is 33.7. The molecule has 58 heavy (non-hydrogen) atoms. The Bertz CT molecular complexity index is 950. The van der Waals surface area contributed by atoms with Crippen molar-refractivity contribution in [3.8, 4) is 0 Å². The Morgan fingerprint density at radius 3 is 1.24 bits per heavy atom. The molecule has 1 aliphatic heterocycles. The van der Waals surface area contributed by atoms with Crippen molar-refractivity contribution >= 4 is 17.9 Å². The van der Waals surface area contributed by atoms with Gasteiger partial charge in [0.15, 0.2) is 0 Å². The van der Waals surface area contributed by atoms with Gasteiger partial charge in [0.2, 0.25) is 0 Å². The topological polar surface area (TPSA) is 82.1 Å². The van der Waals surface area contributed by atoms with Crippen LogP contribution < -0.4 is 0 Å². The Kier molecular flexibility index (Phi) is 37.4. The minimum atomic E-state index is -0.0399. The molecule has 0 aromatic heterocycles. The van der Waals surface area contributed by atoms with Crippen LogP contribution in [0.5, 0.6) is 0 Å². The van der Waals surface area contributed by atoms with Gasteiger partial charge in [-0.1, -0.05) is 129 Å². The second-order valence-corrected chi connectivity index (χ2v) is 17.3. The van der Waals surface area contributed by atoms with Crippen LogP contribution in [-0.4, -0.2) is 61.8 Å². The minimum Gasteiger partial charge on any atom is -0.465 e. The van der Waals surface area contributed by atoms with Crippen LogP contribution in [0.3, 0.4) is 0 Å². The van der Waals surface area contributed by atoms with Crippen LogP contribution in [0, 0.1) is 11.8 Å². The first-order chi connectivity index (χ1) is 28.4. The molecule has 0 bridgehead atoms. The lowest BCUT2D eigenvalue weighted by Gasteiger charge is -2.19. The highest BCUT2D eigenvalue weighted by molar-refractivity contribution is 5.70. The average molecular weight is 816 g/mol. The second-order valence-electron chi connectivity index (χ2n) is 17.3. The lowest BCUT2D eigenvalue weighted by molar-refractivity contribution is -0.150. The Balaban J connectivity index is 2.13. The van der Waals surface area contributed by atoms with E-state index in [1.54, 1.807) is 0 Å². The molecule has 1 rings (SSSR count). The fraction of sp³-hybridized carbons (Fsp3) is 0.863. The summed E-state index contributed by atoms with van der Waals surface area (Å²) in [6.07, 6.45) is 43.9. The monoisotopic (exact) mass is 816 g/mol. The standard InChI is InChI=1S/C51H93NO6/c1-5-46(6-2)44-56-49(53)38-31-27-23-19-15-11-9-13-17-21-25-29-36-48(58-51(55)40-35-43-52-41-33-34-42-52)37-30-26-22-18-14-10-12-16-20-24-28-32-39-50(54)57-45-47(7-3)8-4/h15-16,19-20,46-48H,5-14,17-18,21-45H2,1-4H3. The molecule has 0 saturated carbocycles. The van der Waals surface area contributed by atoms with Crippen molar-refractivity contribution in [2.24, 2.45) is 11.8 Å². The smallest absolute Gasteiger partial charge is 0.306 e. The van der Waals surface area contributed by atoms with Crippen molar-refractivity contribution < 1.29 is 28.6 Å². The molecular weight excluding hydrogens is 723 g/mol. The number of carbonyl (C=O) groups is 3. The molecule has 0 radical (unpaired) electrons. The number of nitrogens with zero attached hydrogens (tertiary/aromatic N) is 1. The van der Waals surface area contributed by atoms with Gasteiger partial charge in [0, 0.05) is 19.3 Å². The van der Waals surface area contributed by atoms with E-state index in [0.29, 0.717) is 44.3 Å². The van der Waals surface area contributed by atoms with E-state index in [9.17, 15) is 14.4 Å². The Labute approximate surface area is 358 Å². The summed E-state index contributed by atoms with van der Waals surface area (Å²) in [4.78, 5) is 39.1. The fourth-order valence-electron chi connectivity index (χ4n) is 7.79. The van der Waals surface area contributed by atoms with Crippen molar-refractivity contribution in [1.82, 2.24) is 4.90 Å². The van der Waals surface area contributed by atoms with Gasteiger partial charge in [-0.05, 0) is 141 Å². The van der Waals surface area contributed by atoms with Crippen LogP contribution in [0.15, 0.2) is 24.3 Å². The SMILES string of the molecule is CCC(CC)COC(=O)CCCCC=CCCCCCCCCC(CCCCCCCCC=CCCCCC(=O)OCC(CC)CC)OC(=O)CCCN1CCCC1. The second kappa shape index (κ2) is 40.3. The van der Waals surface area contributed by atoms with E-state index < -0.39 is 0 Å². The first-order valence-corrected chi connectivity index (χ1v) is 24.9. The normalized spacial score (nSPS) is 14.0. The van der Waals surface area contributed by atoms with Crippen molar-refractivity contribution in [1.29, 1.82) is 0 Å². The summed E-state index contributed by atoms with van der Waals surface area (Å²) in [5.74, 6) is 0.928. The van der Waals surface area contributed by atoms with E-state index in [2.05, 4.69) is 56.9 Å². The van der Waals surface area contributed by atoms with Crippen molar-refractivity contribution in [2.75, 3.05) is 32.8 Å². The number of carbonyl (C=O) groups excluding carboxylic acids is 3. The number of unbranched alkanes of at least 4 members (excludes halogenated alkanes) is 16. The molecule has 1 aliphatic rings. The van der Waals surface area contributed by atoms with Crippen molar-refractivity contribution in [3.63, 3.8) is 0 Å². The first kappa shape index (κ1) is 53.9. The molecule has 0 amide bonds. The van der Waals surface area contributed by atoms with Gasteiger partial charge < -0.3 is 19.1 Å². The average Bonchev–Trinajstić information content (AvgIpc) is 3.75. The van der Waals surface area contributed by atoms with E-state index >= 15 is 0 Å². The maximum absolute atomic E-state index is 12.8. The van der Waals surface area contributed by atoms with Gasteiger partial charge in [0.1, 0.15) is 6.10 Å². The number of likely N-dealkylation sites (tertiary alicyclic amines) is 1. The lowest BCUT2D eigenvalue weighted by atomic mass is 10.0. The highest BCUT2D eigenvalue weighted by Crippen LogP contribution is 2.19. The van der Waals surface area contributed by atoms with Gasteiger partial charge in [-0.2, -0.15) is 0 Å². The molecular formula is C51H93NO6. The van der Waals surface area contributed by atoms with Crippen LogP contribution in [-0.2, 0) is 28.6 Å². The Morgan fingerprint density at radius 2 is 0.828 bits per heavy atom. The lowest BCUT2D eigenvalue weighted by Crippen LogP contribution is -2.23. The fourth-order valence-corrected chi connectivity index (χ4v) is 7.79. The van der Waals surface area contributed by atoms with Crippen LogP contribution >= 0.6 is 0 Å². The largest absolute Gasteiger partial charge is 0.465 e. The molecule has 1 heterocycles. The summed E-state index contributed by atoms with van der Waals surface area (Å²) >= 11 is 0. The number of ether oxygens (including phenoxy) is 3. The highest BCUT2D eigenvalue weighted by atomic mass is 16.5. The molecule has 338 valence electrons. The van der Waals surface area contributed by atoms with E-state index in [-0.39, 0.29) is 24.0 Å². The number of hydrogen-bond donors (Lipinski definition) is 0. The molecule has 7 nitrogen and oxygen atoms in total. The zero-order valence-corrected chi connectivity index (χ0v) is 38.6. The number of allylic oxidation sites excluding steroid dienone is 4. The van der Waals surface area contributed by atoms with Crippen LogP contribution in [0.4, 0.5) is 0 Å². The molecule has 7 heteroatoms. The van der Waals surface area contributed by atoms with Gasteiger partial charge in [0.25, 0.3) is 0 Å². The molecule has 0 N–H and O–H groups in total. The van der Waals surface area contributed by atoms with Gasteiger partial charge in [0.05, 0.1) is 13.2 Å². The van der Waals surface area contributed by atoms with Crippen molar-refractivity contribution in [3.05, 3.63) is 24.3 Å². The highest BCUT2D eigenvalue weighted by Gasteiger charge is 2.16. The van der Waals surface area contributed by atoms with E-state index in [1.807, 2.05) is 0 Å². The maximum atomic E-state index is 12.8. The number of esters is 3. The van der Waals surface area contributed by atoms with Gasteiger partial charge in [-0.15, -0.1) is 0 Å². The summed E-state index contributed by atoms with van der Waals surface area (Å²) in [7, 11) is 0. The third-order valence-corrected chi connectivity index (χ3v) is 12.3. The summed E-state index contributed by atoms with van der Waals surface area (Å²) in [5, 5.41) is 0. The molecule has 1 saturated heterocycles. The predicted octanol–water partition coefficient (Wildman–Crippen LogP) is 14.2. The van der Waals surface area contributed by atoms with E-state index in [4.69, 9.17) is 14.2 Å². The van der Waals surface area contributed by atoms with Crippen molar-refractivity contribution in [2.45, 2.75) is 239 Å². The molecule has 0 aromatic carbocycles. The minimum absolute atomic E-state index is 0.00957. The summed E-state index contributed by atoms with van der Waals surface area (Å²) < 4.78 is 16.9. The summed E-state index contributed by atoms with van der Waals surface area (Å²) in [6, 6.07) is 0. The zero-order valence-electron chi connectivity index (χ0n) is 38.6. The van der Waals surface area contributed by atoms with Gasteiger partial charge in [-0.25, -0.2) is 0 Å². The zero-order chi connectivity index (χ0) is 42.2. The molecule has 0 spiro atoms. The quantitative estimate of drug-likeness (QED) is 0.0263. The van der Waals surface area contributed by atoms with E-state index in [0.717, 1.165) is 116 Å². The van der Waals surface area contributed by atoms with Gasteiger partial charge >= 0.3 is 17.9 Å². The Morgan fingerprint density at radius 1 is 0.466 bits per heavy atom. The molecule has 0 aliphatic carbocycles. The first-order valence-electron chi connectivity index (χ1n) is 24.9. The number of hydrogen-bond acceptors (Lipinski definition) is 7. The molecule has 0 atom stereocenters. The summed E-state index contributed by atoms with van der Waals surface area (Å²) in [5.41, 5.74) is 0. The maximum Gasteiger partial charge on any atom is 0.306 e. The number of rotatable bonds is 41. The van der Waals surface area contributed by atoms with Crippen LogP contribution in [0.25, 0.3) is 0 Å². The van der Waals surface area contributed by atoms with Gasteiger partial charge in [-0.3, -0.25) is 14.4 Å². The molecule has 0 aromatic rings. The van der Waals surface area contributed by atoms with E-state index in [1.165, 1.54) is 90.1 Å². The molecule has 1 fully saturated rings. The van der Waals surface area contributed by atoms with Crippen LogP contribution in [0.1, 0.15) is 233 Å². The van der Waals surface area contributed by atoms with Crippen LogP contribution in [0.2, 0.25) is 0 Å². The third-order valence-electron chi connectivity index (χ3n) is 12.3. The molecule has 0 unspecified atom stereocenters. The summed E-state index contributed by atoms with van der Waals surface area (Å²) in [6.45, 7) is 13.2. The predicted molar refractivity (Wildman–Crippen MR) is 244 cm³/mol. The Hall–Kier alpha value is -2.15.